The van der Waals surface area contributed by atoms with Gasteiger partial charge < -0.3 is 16.0 Å². The van der Waals surface area contributed by atoms with Gasteiger partial charge in [0.15, 0.2) is 0 Å². The van der Waals surface area contributed by atoms with Crippen LogP contribution in [0.1, 0.15) is 38.5 Å². The van der Waals surface area contributed by atoms with Crippen molar-refractivity contribution < 1.29 is 4.79 Å². The fourth-order valence-corrected chi connectivity index (χ4v) is 3.81. The third kappa shape index (κ3) is 2.15. The maximum atomic E-state index is 12.1. The minimum Gasteiger partial charge on any atom is -0.335 e. The molecule has 3 N–H and O–H groups in total. The summed E-state index contributed by atoms with van der Waals surface area (Å²) in [6.45, 7) is 1.81. The molecule has 0 aromatic heterocycles. The lowest BCUT2D eigenvalue weighted by atomic mass is 9.98. The Morgan fingerprint density at radius 1 is 1.12 bits per heavy atom. The van der Waals surface area contributed by atoms with Gasteiger partial charge in [0.1, 0.15) is 0 Å². The molecule has 3 atom stereocenters. The Kier molecular flexibility index (Phi) is 2.99. The van der Waals surface area contributed by atoms with Gasteiger partial charge in [-0.25, -0.2) is 4.79 Å². The van der Waals surface area contributed by atoms with E-state index in [9.17, 15) is 4.79 Å². The smallest absolute Gasteiger partial charge is 0.317 e. The van der Waals surface area contributed by atoms with Gasteiger partial charge in [-0.3, -0.25) is 0 Å². The molecule has 0 aromatic rings. The Balaban J connectivity index is 1.53. The molecule has 2 amide bonds. The Hall–Kier alpha value is -0.770. The number of rotatable bonds is 1. The molecular formula is C13H23N3O. The highest BCUT2D eigenvalue weighted by Crippen LogP contribution is 2.37. The van der Waals surface area contributed by atoms with Crippen LogP contribution in [0.5, 0.6) is 0 Å². The minimum absolute atomic E-state index is 0.151. The van der Waals surface area contributed by atoms with E-state index in [0.29, 0.717) is 23.9 Å². The molecule has 0 radical (unpaired) electrons. The van der Waals surface area contributed by atoms with E-state index in [-0.39, 0.29) is 6.03 Å². The van der Waals surface area contributed by atoms with Crippen LogP contribution < -0.4 is 11.1 Å². The number of carbonyl (C=O) groups is 1. The van der Waals surface area contributed by atoms with Crippen LogP contribution in [0.25, 0.3) is 0 Å². The summed E-state index contributed by atoms with van der Waals surface area (Å²) in [4.78, 5) is 14.1. The molecule has 4 nitrogen and oxygen atoms in total. The first-order valence-corrected chi connectivity index (χ1v) is 7.05. The van der Waals surface area contributed by atoms with Gasteiger partial charge in [0.05, 0.1) is 0 Å². The van der Waals surface area contributed by atoms with E-state index < -0.39 is 0 Å². The van der Waals surface area contributed by atoms with Crippen molar-refractivity contribution in [3.63, 3.8) is 0 Å². The molecule has 1 aliphatic heterocycles. The summed E-state index contributed by atoms with van der Waals surface area (Å²) in [7, 11) is 0. The first-order chi connectivity index (χ1) is 8.24. The molecule has 3 unspecified atom stereocenters. The second-order valence-electron chi connectivity index (χ2n) is 6.00. The van der Waals surface area contributed by atoms with Crippen LogP contribution in [0.15, 0.2) is 0 Å². The SMILES string of the molecule is NC1CCC2CN(C(=O)NC3CCCC3)CC12. The van der Waals surface area contributed by atoms with Gasteiger partial charge in [0.2, 0.25) is 0 Å². The number of nitrogens with two attached hydrogens (primary N) is 1. The third-order valence-corrected chi connectivity index (χ3v) is 4.88. The molecule has 3 fully saturated rings. The molecule has 1 heterocycles. The number of nitrogens with zero attached hydrogens (tertiary/aromatic N) is 1. The zero-order valence-electron chi connectivity index (χ0n) is 10.4. The molecule has 1 saturated heterocycles. The van der Waals surface area contributed by atoms with Crippen molar-refractivity contribution in [2.45, 2.75) is 50.6 Å². The van der Waals surface area contributed by atoms with Gasteiger partial charge in [-0.15, -0.1) is 0 Å². The van der Waals surface area contributed by atoms with Gasteiger partial charge in [-0.05, 0) is 37.5 Å². The molecule has 0 bridgehead atoms. The number of hydrogen-bond acceptors (Lipinski definition) is 2. The lowest BCUT2D eigenvalue weighted by molar-refractivity contribution is 0.200. The lowest BCUT2D eigenvalue weighted by Gasteiger charge is -2.22. The fraction of sp³-hybridized carbons (Fsp3) is 0.923. The third-order valence-electron chi connectivity index (χ3n) is 4.88. The normalized spacial score (nSPS) is 37.5. The van der Waals surface area contributed by atoms with Gasteiger partial charge in [0, 0.05) is 25.2 Å². The number of fused-ring (bicyclic) bond motifs is 1. The second kappa shape index (κ2) is 4.48. The van der Waals surface area contributed by atoms with E-state index >= 15 is 0 Å². The molecule has 3 rings (SSSR count). The van der Waals surface area contributed by atoms with Gasteiger partial charge in [-0.1, -0.05) is 12.8 Å². The summed E-state index contributed by atoms with van der Waals surface area (Å²) in [6.07, 6.45) is 7.20. The average molecular weight is 237 g/mol. The van der Waals surface area contributed by atoms with Crippen molar-refractivity contribution in [1.29, 1.82) is 0 Å². The number of hydrogen-bond donors (Lipinski definition) is 2. The van der Waals surface area contributed by atoms with Crippen LogP contribution in [0.4, 0.5) is 4.79 Å². The maximum Gasteiger partial charge on any atom is 0.317 e. The van der Waals surface area contributed by atoms with E-state index in [4.69, 9.17) is 5.73 Å². The second-order valence-corrected chi connectivity index (χ2v) is 6.00. The van der Waals surface area contributed by atoms with Crippen molar-refractivity contribution >= 4 is 6.03 Å². The summed E-state index contributed by atoms with van der Waals surface area (Å²) >= 11 is 0. The summed E-state index contributed by atoms with van der Waals surface area (Å²) in [5.74, 6) is 1.23. The van der Waals surface area contributed by atoms with Crippen molar-refractivity contribution in [2.75, 3.05) is 13.1 Å². The summed E-state index contributed by atoms with van der Waals surface area (Å²) < 4.78 is 0. The minimum atomic E-state index is 0.151. The first kappa shape index (κ1) is 11.3. The average Bonchev–Trinajstić information content (AvgIpc) is 2.97. The number of urea groups is 1. The van der Waals surface area contributed by atoms with E-state index in [1.54, 1.807) is 0 Å². The van der Waals surface area contributed by atoms with E-state index in [1.165, 1.54) is 19.3 Å². The summed E-state index contributed by atoms with van der Waals surface area (Å²) in [5, 5.41) is 3.17. The summed E-state index contributed by atoms with van der Waals surface area (Å²) in [5.41, 5.74) is 6.09. The molecule has 2 saturated carbocycles. The Morgan fingerprint density at radius 3 is 2.59 bits per heavy atom. The monoisotopic (exact) mass is 237 g/mol. The molecular weight excluding hydrogens is 214 g/mol. The highest BCUT2D eigenvalue weighted by molar-refractivity contribution is 5.75. The van der Waals surface area contributed by atoms with Crippen LogP contribution >= 0.6 is 0 Å². The fourth-order valence-electron chi connectivity index (χ4n) is 3.81. The zero-order chi connectivity index (χ0) is 11.8. The number of likely N-dealkylation sites (tertiary alicyclic amines) is 1. The zero-order valence-corrected chi connectivity index (χ0v) is 10.4. The first-order valence-electron chi connectivity index (χ1n) is 7.05. The summed E-state index contributed by atoms with van der Waals surface area (Å²) in [6, 6.07) is 0.902. The van der Waals surface area contributed by atoms with Crippen LogP contribution in [0, 0.1) is 11.8 Å². The molecule has 0 spiro atoms. The van der Waals surface area contributed by atoms with Crippen molar-refractivity contribution in [1.82, 2.24) is 10.2 Å². The highest BCUT2D eigenvalue weighted by Gasteiger charge is 2.42. The molecule has 4 heteroatoms. The van der Waals surface area contributed by atoms with Crippen molar-refractivity contribution in [2.24, 2.45) is 17.6 Å². The van der Waals surface area contributed by atoms with Crippen molar-refractivity contribution in [3.8, 4) is 0 Å². The van der Waals surface area contributed by atoms with Crippen LogP contribution in [-0.4, -0.2) is 36.1 Å². The predicted octanol–water partition coefficient (Wildman–Crippen LogP) is 1.31. The standard InChI is InChI=1S/C13H23N3O/c14-12-6-5-9-7-16(8-11(9)12)13(17)15-10-3-1-2-4-10/h9-12H,1-8,14H2,(H,15,17). The van der Waals surface area contributed by atoms with Crippen molar-refractivity contribution in [3.05, 3.63) is 0 Å². The highest BCUT2D eigenvalue weighted by atomic mass is 16.2. The largest absolute Gasteiger partial charge is 0.335 e. The maximum absolute atomic E-state index is 12.1. The van der Waals surface area contributed by atoms with Crippen LogP contribution in [0.2, 0.25) is 0 Å². The van der Waals surface area contributed by atoms with E-state index in [1.807, 2.05) is 4.90 Å². The molecule has 0 aromatic carbocycles. The topological polar surface area (TPSA) is 58.4 Å². The Morgan fingerprint density at radius 2 is 1.88 bits per heavy atom. The molecule has 3 aliphatic rings. The van der Waals surface area contributed by atoms with E-state index in [0.717, 1.165) is 32.4 Å². The predicted molar refractivity (Wildman–Crippen MR) is 66.6 cm³/mol. The van der Waals surface area contributed by atoms with Crippen LogP contribution in [-0.2, 0) is 0 Å². The lowest BCUT2D eigenvalue weighted by Crippen LogP contribution is -2.44. The molecule has 17 heavy (non-hydrogen) atoms. The quantitative estimate of drug-likeness (QED) is 0.722. The number of amides is 2. The number of nitrogens with one attached hydrogen (secondary N) is 1. The van der Waals surface area contributed by atoms with Gasteiger partial charge in [0.25, 0.3) is 0 Å². The van der Waals surface area contributed by atoms with E-state index in [2.05, 4.69) is 5.32 Å². The van der Waals surface area contributed by atoms with Gasteiger partial charge in [-0.2, -0.15) is 0 Å². The molecule has 2 aliphatic carbocycles. The van der Waals surface area contributed by atoms with Gasteiger partial charge >= 0.3 is 6.03 Å². The Labute approximate surface area is 103 Å². The number of carbonyl (C=O) groups excluding carboxylic acids is 1. The van der Waals surface area contributed by atoms with Crippen LogP contribution in [0.3, 0.4) is 0 Å². The molecule has 96 valence electrons. The Bertz CT molecular complexity index is 301.